The zero-order chi connectivity index (χ0) is 14.8. The number of alkyl halides is 2. The summed E-state index contributed by atoms with van der Waals surface area (Å²) in [6.45, 7) is 5.41. The number of benzene rings is 1. The third-order valence-electron chi connectivity index (χ3n) is 2.38. The summed E-state index contributed by atoms with van der Waals surface area (Å²) in [6, 6.07) is 7.03. The van der Waals surface area contributed by atoms with Crippen molar-refractivity contribution in [1.82, 2.24) is 10.6 Å². The molecule has 7 heteroatoms. The molecule has 0 saturated heterocycles. The number of nitrogens with zero attached hydrogens (tertiary/aromatic N) is 1. The number of halogens is 3. The highest BCUT2D eigenvalue weighted by Gasteiger charge is 2.04. The van der Waals surface area contributed by atoms with Gasteiger partial charge in [-0.2, -0.15) is 0 Å². The van der Waals surface area contributed by atoms with Crippen molar-refractivity contribution in [2.75, 3.05) is 19.7 Å². The van der Waals surface area contributed by atoms with Crippen molar-refractivity contribution in [3.63, 3.8) is 0 Å². The van der Waals surface area contributed by atoms with E-state index in [0.29, 0.717) is 12.3 Å². The molecule has 120 valence electrons. The third-order valence-corrected chi connectivity index (χ3v) is 2.38. The second-order valence-corrected chi connectivity index (χ2v) is 4.07. The van der Waals surface area contributed by atoms with Crippen LogP contribution in [0.4, 0.5) is 8.78 Å². The first-order chi connectivity index (χ1) is 9.65. The average Bonchev–Trinajstić information content (AvgIpc) is 2.43. The first kappa shape index (κ1) is 19.9. The number of guanidine groups is 1. The molecule has 0 unspecified atom stereocenters. The van der Waals surface area contributed by atoms with Crippen molar-refractivity contribution >= 4 is 29.9 Å². The van der Waals surface area contributed by atoms with Crippen molar-refractivity contribution in [2.45, 2.75) is 26.8 Å². The lowest BCUT2D eigenvalue weighted by atomic mass is 10.2. The first-order valence-corrected chi connectivity index (χ1v) is 6.67. The van der Waals surface area contributed by atoms with Crippen LogP contribution in [0.2, 0.25) is 0 Å². The molecule has 0 spiro atoms. The fraction of sp³-hybridized carbons (Fsp3) is 0.500. The Bertz CT molecular complexity index is 422. The molecule has 0 amide bonds. The maximum Gasteiger partial charge on any atom is 0.272 e. The Morgan fingerprint density at radius 1 is 1.24 bits per heavy atom. The van der Waals surface area contributed by atoms with Crippen LogP contribution in [0.1, 0.15) is 19.4 Å². The number of hydrogen-bond acceptors (Lipinski definition) is 2. The maximum absolute atomic E-state index is 12.1. The molecule has 0 bridgehead atoms. The van der Waals surface area contributed by atoms with E-state index in [1.807, 2.05) is 19.9 Å². The minimum Gasteiger partial charge on any atom is -0.488 e. The number of aliphatic imine (C=N–C) groups is 1. The highest BCUT2D eigenvalue weighted by atomic mass is 127. The average molecular weight is 413 g/mol. The van der Waals surface area contributed by atoms with Gasteiger partial charge in [-0.05, 0) is 31.5 Å². The maximum atomic E-state index is 12.1. The molecule has 21 heavy (non-hydrogen) atoms. The molecule has 1 aromatic rings. The Morgan fingerprint density at radius 2 is 1.90 bits per heavy atom. The van der Waals surface area contributed by atoms with Gasteiger partial charge >= 0.3 is 0 Å². The number of ether oxygens (including phenoxy) is 1. The topological polar surface area (TPSA) is 45.7 Å². The minimum absolute atomic E-state index is 0. The molecule has 0 heterocycles. The summed E-state index contributed by atoms with van der Waals surface area (Å²) < 4.78 is 29.1. The number of rotatable bonds is 7. The largest absolute Gasteiger partial charge is 0.488 e. The summed E-state index contributed by atoms with van der Waals surface area (Å²) in [6.07, 6.45) is -2.47. The van der Waals surface area contributed by atoms with Gasteiger partial charge in [0.1, 0.15) is 12.4 Å². The van der Waals surface area contributed by atoms with Gasteiger partial charge in [0.2, 0.25) is 0 Å². The quantitative estimate of drug-likeness (QED) is 0.411. The Hall–Kier alpha value is -1.12. The molecule has 4 nitrogen and oxygen atoms in total. The fourth-order valence-corrected chi connectivity index (χ4v) is 1.57. The van der Waals surface area contributed by atoms with Crippen molar-refractivity contribution in [3.8, 4) is 5.75 Å². The Kier molecular flexibility index (Phi) is 10.9. The smallest absolute Gasteiger partial charge is 0.272 e. The molecule has 0 atom stereocenters. The van der Waals surface area contributed by atoms with Gasteiger partial charge in [-0.1, -0.05) is 12.1 Å². The summed E-state index contributed by atoms with van der Waals surface area (Å²) in [4.78, 5) is 4.40. The molecule has 1 aromatic carbocycles. The van der Waals surface area contributed by atoms with Gasteiger partial charge in [-0.25, -0.2) is 13.8 Å². The lowest BCUT2D eigenvalue weighted by Gasteiger charge is -2.10. The highest BCUT2D eigenvalue weighted by Crippen LogP contribution is 2.14. The summed E-state index contributed by atoms with van der Waals surface area (Å²) in [7, 11) is 0. The van der Waals surface area contributed by atoms with Crippen LogP contribution in [0.3, 0.4) is 0 Å². The lowest BCUT2D eigenvalue weighted by Crippen LogP contribution is -2.36. The van der Waals surface area contributed by atoms with Crippen LogP contribution in [0.15, 0.2) is 29.3 Å². The standard InChI is InChI=1S/C14H21F2N3O.HI/c1-3-17-14(18-4-2)19-9-11-6-5-7-12(8-11)20-10-13(15)16;/h5-8,13H,3-4,9-10H2,1-2H3,(H2,17,18,19);1H. The molecule has 0 saturated carbocycles. The Balaban J connectivity index is 0.00000400. The predicted octanol–water partition coefficient (Wildman–Crippen LogP) is 3.02. The van der Waals surface area contributed by atoms with E-state index in [4.69, 9.17) is 4.74 Å². The Labute approximate surface area is 141 Å². The second kappa shape index (κ2) is 11.5. The van der Waals surface area contributed by atoms with Crippen LogP contribution in [-0.4, -0.2) is 32.1 Å². The fourth-order valence-electron chi connectivity index (χ4n) is 1.57. The monoisotopic (exact) mass is 413 g/mol. The minimum atomic E-state index is -2.47. The zero-order valence-corrected chi connectivity index (χ0v) is 14.6. The van der Waals surface area contributed by atoms with Gasteiger partial charge in [0.25, 0.3) is 6.43 Å². The zero-order valence-electron chi connectivity index (χ0n) is 12.2. The summed E-state index contributed by atoms with van der Waals surface area (Å²) in [5.41, 5.74) is 0.907. The molecule has 1 rings (SSSR count). The first-order valence-electron chi connectivity index (χ1n) is 6.67. The van der Waals surface area contributed by atoms with Gasteiger partial charge in [-0.3, -0.25) is 0 Å². The van der Waals surface area contributed by atoms with E-state index in [1.165, 1.54) is 0 Å². The van der Waals surface area contributed by atoms with Crippen LogP contribution in [0, 0.1) is 0 Å². The van der Waals surface area contributed by atoms with Crippen molar-refractivity contribution in [3.05, 3.63) is 29.8 Å². The summed E-state index contributed by atoms with van der Waals surface area (Å²) in [5, 5.41) is 6.23. The number of nitrogens with one attached hydrogen (secondary N) is 2. The number of hydrogen-bond donors (Lipinski definition) is 2. The molecule has 0 aliphatic carbocycles. The summed E-state index contributed by atoms with van der Waals surface area (Å²) >= 11 is 0. The van der Waals surface area contributed by atoms with Crippen LogP contribution < -0.4 is 15.4 Å². The highest BCUT2D eigenvalue weighted by molar-refractivity contribution is 14.0. The van der Waals surface area contributed by atoms with Crippen molar-refractivity contribution < 1.29 is 13.5 Å². The molecular formula is C14H22F2IN3O. The van der Waals surface area contributed by atoms with Gasteiger partial charge in [0, 0.05) is 13.1 Å². The van der Waals surface area contributed by atoms with E-state index < -0.39 is 13.0 Å². The molecular weight excluding hydrogens is 391 g/mol. The summed E-state index contributed by atoms with van der Waals surface area (Å²) in [5.74, 6) is 1.17. The van der Waals surface area contributed by atoms with Gasteiger partial charge in [0.15, 0.2) is 5.96 Å². The molecule has 2 N–H and O–H groups in total. The molecule has 0 radical (unpaired) electrons. The molecule has 0 aliphatic heterocycles. The van der Waals surface area contributed by atoms with Crippen LogP contribution in [0.25, 0.3) is 0 Å². The van der Waals surface area contributed by atoms with Gasteiger partial charge in [0.05, 0.1) is 6.54 Å². The van der Waals surface area contributed by atoms with Gasteiger partial charge < -0.3 is 15.4 Å². The molecule has 0 aromatic heterocycles. The lowest BCUT2D eigenvalue weighted by molar-refractivity contribution is 0.0818. The Morgan fingerprint density at radius 3 is 2.48 bits per heavy atom. The van der Waals surface area contributed by atoms with Crippen molar-refractivity contribution in [2.24, 2.45) is 4.99 Å². The predicted molar refractivity (Wildman–Crippen MR) is 91.8 cm³/mol. The van der Waals surface area contributed by atoms with Crippen LogP contribution >= 0.6 is 24.0 Å². The van der Waals surface area contributed by atoms with E-state index >= 15 is 0 Å². The van der Waals surface area contributed by atoms with E-state index in [-0.39, 0.29) is 24.0 Å². The second-order valence-electron chi connectivity index (χ2n) is 4.07. The van der Waals surface area contributed by atoms with E-state index in [1.54, 1.807) is 18.2 Å². The van der Waals surface area contributed by atoms with Crippen LogP contribution in [0.5, 0.6) is 5.75 Å². The SMILES string of the molecule is CCNC(=NCc1cccc(OCC(F)F)c1)NCC.I. The van der Waals surface area contributed by atoms with E-state index in [9.17, 15) is 8.78 Å². The van der Waals surface area contributed by atoms with E-state index in [0.717, 1.165) is 24.6 Å². The normalized spacial score (nSPS) is 9.76. The molecule has 0 fully saturated rings. The van der Waals surface area contributed by atoms with Crippen molar-refractivity contribution in [1.29, 1.82) is 0 Å². The van der Waals surface area contributed by atoms with E-state index in [2.05, 4.69) is 15.6 Å². The third kappa shape index (κ3) is 8.69. The van der Waals surface area contributed by atoms with Gasteiger partial charge in [-0.15, -0.1) is 24.0 Å². The van der Waals surface area contributed by atoms with Crippen LogP contribution in [-0.2, 0) is 6.54 Å². The molecule has 0 aliphatic rings.